The van der Waals surface area contributed by atoms with Crippen LogP contribution in [-0.4, -0.2) is 12.7 Å². The van der Waals surface area contributed by atoms with E-state index in [4.69, 9.17) is 4.74 Å². The maximum absolute atomic E-state index is 11.3. The molecule has 0 saturated carbocycles. The van der Waals surface area contributed by atoms with Gasteiger partial charge in [-0.05, 0) is 37.5 Å². The largest absolute Gasteiger partial charge is 0.449 e. The molecule has 1 aromatic rings. The predicted octanol–water partition coefficient (Wildman–Crippen LogP) is 3.26. The lowest BCUT2D eigenvalue weighted by Gasteiger charge is -2.09. The molecule has 1 aromatic carbocycles. The summed E-state index contributed by atoms with van der Waals surface area (Å²) >= 11 is 0. The molecule has 0 aliphatic carbocycles. The molecule has 0 aromatic heterocycles. The molecule has 3 heteroatoms. The highest BCUT2D eigenvalue weighted by Crippen LogP contribution is 2.16. The van der Waals surface area contributed by atoms with E-state index >= 15 is 0 Å². The van der Waals surface area contributed by atoms with Crippen LogP contribution in [0, 0.1) is 13.8 Å². The molecule has 0 spiro atoms. The van der Waals surface area contributed by atoms with Crippen molar-refractivity contribution in [1.29, 1.82) is 0 Å². The number of hydrogen-bond acceptors (Lipinski definition) is 2. The van der Waals surface area contributed by atoms with E-state index in [-0.39, 0.29) is 6.09 Å². The molecule has 0 fully saturated rings. The minimum atomic E-state index is -0.384. The van der Waals surface area contributed by atoms with Crippen LogP contribution in [0.3, 0.4) is 0 Å². The number of aryl methyl sites for hydroxylation is 2. The summed E-state index contributed by atoms with van der Waals surface area (Å²) in [6.45, 7) is 6.36. The van der Waals surface area contributed by atoms with Crippen LogP contribution in [0.5, 0.6) is 0 Å². The van der Waals surface area contributed by atoms with Crippen LogP contribution in [-0.2, 0) is 4.74 Å². The number of nitrogens with one attached hydrogen (secondary N) is 1. The first kappa shape index (κ1) is 11.6. The van der Waals surface area contributed by atoms with Gasteiger partial charge in [0.05, 0.1) is 6.61 Å². The molecule has 15 heavy (non-hydrogen) atoms. The Hall–Kier alpha value is -1.51. The summed E-state index contributed by atoms with van der Waals surface area (Å²) in [6, 6.07) is 5.92. The van der Waals surface area contributed by atoms with Gasteiger partial charge in [0.2, 0.25) is 0 Å². The van der Waals surface area contributed by atoms with Gasteiger partial charge in [0.25, 0.3) is 0 Å². The summed E-state index contributed by atoms with van der Waals surface area (Å²) in [6.07, 6.45) is 0.450. The quantitative estimate of drug-likeness (QED) is 0.826. The topological polar surface area (TPSA) is 38.3 Å². The zero-order valence-corrected chi connectivity index (χ0v) is 9.46. The summed E-state index contributed by atoms with van der Waals surface area (Å²) < 4.78 is 4.94. The first-order valence-corrected chi connectivity index (χ1v) is 5.14. The predicted molar refractivity (Wildman–Crippen MR) is 61.2 cm³/mol. The fourth-order valence-corrected chi connectivity index (χ4v) is 1.21. The first-order valence-electron chi connectivity index (χ1n) is 5.14. The second-order valence-electron chi connectivity index (χ2n) is 3.58. The minimum Gasteiger partial charge on any atom is -0.449 e. The summed E-state index contributed by atoms with van der Waals surface area (Å²) in [5.41, 5.74) is 2.97. The first-order chi connectivity index (χ1) is 7.13. The van der Waals surface area contributed by atoms with E-state index in [9.17, 15) is 4.79 Å². The summed E-state index contributed by atoms with van der Waals surface area (Å²) in [4.78, 5) is 11.3. The number of hydrogen-bond donors (Lipinski definition) is 1. The van der Waals surface area contributed by atoms with E-state index in [0.29, 0.717) is 6.61 Å². The number of anilines is 1. The van der Waals surface area contributed by atoms with E-state index < -0.39 is 0 Å². The number of ether oxygens (including phenoxy) is 1. The van der Waals surface area contributed by atoms with Crippen LogP contribution in [0.1, 0.15) is 24.5 Å². The molecular weight excluding hydrogens is 190 g/mol. The molecule has 0 atom stereocenters. The van der Waals surface area contributed by atoms with Crippen molar-refractivity contribution in [2.75, 3.05) is 11.9 Å². The van der Waals surface area contributed by atoms with Crippen molar-refractivity contribution in [3.05, 3.63) is 29.3 Å². The van der Waals surface area contributed by atoms with E-state index in [1.165, 1.54) is 0 Å². The molecule has 0 unspecified atom stereocenters. The summed E-state index contributed by atoms with van der Waals surface area (Å²) in [5, 5.41) is 2.72. The molecule has 82 valence electrons. The Labute approximate surface area is 90.4 Å². The molecule has 0 heterocycles. The molecular formula is C12H17NO2. The van der Waals surface area contributed by atoms with Gasteiger partial charge in [0.1, 0.15) is 0 Å². The van der Waals surface area contributed by atoms with Gasteiger partial charge in [-0.15, -0.1) is 0 Å². The Kier molecular flexibility index (Phi) is 4.16. The monoisotopic (exact) mass is 207 g/mol. The zero-order chi connectivity index (χ0) is 11.3. The summed E-state index contributed by atoms with van der Waals surface area (Å²) in [7, 11) is 0. The highest BCUT2D eigenvalue weighted by molar-refractivity contribution is 5.85. The second-order valence-corrected chi connectivity index (χ2v) is 3.58. The highest BCUT2D eigenvalue weighted by Gasteiger charge is 2.04. The molecule has 3 nitrogen and oxygen atoms in total. The normalized spacial score (nSPS) is 9.80. The van der Waals surface area contributed by atoms with Crippen LogP contribution < -0.4 is 5.32 Å². The van der Waals surface area contributed by atoms with Crippen LogP contribution in [0.25, 0.3) is 0 Å². The molecule has 0 aliphatic heterocycles. The lowest BCUT2D eigenvalue weighted by atomic mass is 10.1. The minimum absolute atomic E-state index is 0.384. The number of carbonyl (C=O) groups is 1. The van der Waals surface area contributed by atoms with Crippen molar-refractivity contribution in [2.24, 2.45) is 0 Å². The van der Waals surface area contributed by atoms with Gasteiger partial charge in [-0.2, -0.15) is 0 Å². The molecule has 0 radical (unpaired) electrons. The van der Waals surface area contributed by atoms with Crippen LogP contribution in [0.2, 0.25) is 0 Å². The van der Waals surface area contributed by atoms with E-state index in [1.807, 2.05) is 39.0 Å². The molecule has 1 amide bonds. The Bertz CT molecular complexity index is 347. The molecule has 0 saturated heterocycles. The number of carbonyl (C=O) groups excluding carboxylic acids is 1. The second kappa shape index (κ2) is 5.39. The fraction of sp³-hybridized carbons (Fsp3) is 0.417. The van der Waals surface area contributed by atoms with Gasteiger partial charge < -0.3 is 4.74 Å². The van der Waals surface area contributed by atoms with Crippen molar-refractivity contribution in [3.63, 3.8) is 0 Å². The van der Waals surface area contributed by atoms with Gasteiger partial charge in [-0.1, -0.05) is 19.1 Å². The maximum atomic E-state index is 11.3. The SMILES string of the molecule is CCCOC(=O)Nc1cc(C)ccc1C. The number of amides is 1. The third-order valence-electron chi connectivity index (χ3n) is 2.07. The Balaban J connectivity index is 2.63. The third-order valence-corrected chi connectivity index (χ3v) is 2.07. The van der Waals surface area contributed by atoms with Gasteiger partial charge in [-0.25, -0.2) is 4.79 Å². The van der Waals surface area contributed by atoms with Gasteiger partial charge in [-0.3, -0.25) is 5.32 Å². The van der Waals surface area contributed by atoms with Gasteiger partial charge in [0.15, 0.2) is 0 Å². The molecule has 0 bridgehead atoms. The Morgan fingerprint density at radius 1 is 1.40 bits per heavy atom. The standard InChI is InChI=1S/C12H17NO2/c1-4-7-15-12(14)13-11-8-9(2)5-6-10(11)3/h5-6,8H,4,7H2,1-3H3,(H,13,14). The van der Waals surface area contributed by atoms with Crippen molar-refractivity contribution >= 4 is 11.8 Å². The number of benzene rings is 1. The van der Waals surface area contributed by atoms with Crippen LogP contribution in [0.4, 0.5) is 10.5 Å². The molecule has 1 N–H and O–H groups in total. The Morgan fingerprint density at radius 3 is 2.80 bits per heavy atom. The molecule has 1 rings (SSSR count). The molecule has 0 aliphatic rings. The van der Waals surface area contributed by atoms with E-state index in [2.05, 4.69) is 5.32 Å². The third kappa shape index (κ3) is 3.62. The smallest absolute Gasteiger partial charge is 0.411 e. The zero-order valence-electron chi connectivity index (χ0n) is 9.46. The van der Waals surface area contributed by atoms with Crippen molar-refractivity contribution < 1.29 is 9.53 Å². The van der Waals surface area contributed by atoms with Crippen LogP contribution in [0.15, 0.2) is 18.2 Å². The lowest BCUT2D eigenvalue weighted by molar-refractivity contribution is 0.161. The van der Waals surface area contributed by atoms with E-state index in [1.54, 1.807) is 0 Å². The number of rotatable bonds is 3. The van der Waals surface area contributed by atoms with Gasteiger partial charge >= 0.3 is 6.09 Å². The van der Waals surface area contributed by atoms with E-state index in [0.717, 1.165) is 23.2 Å². The Morgan fingerprint density at radius 2 is 2.13 bits per heavy atom. The van der Waals surface area contributed by atoms with Gasteiger partial charge in [0, 0.05) is 5.69 Å². The average Bonchev–Trinajstić information content (AvgIpc) is 2.20. The van der Waals surface area contributed by atoms with Crippen LogP contribution >= 0.6 is 0 Å². The average molecular weight is 207 g/mol. The summed E-state index contributed by atoms with van der Waals surface area (Å²) in [5.74, 6) is 0. The van der Waals surface area contributed by atoms with Crippen molar-refractivity contribution in [3.8, 4) is 0 Å². The highest BCUT2D eigenvalue weighted by atomic mass is 16.5. The van der Waals surface area contributed by atoms with Crippen molar-refractivity contribution in [1.82, 2.24) is 0 Å². The van der Waals surface area contributed by atoms with Crippen molar-refractivity contribution in [2.45, 2.75) is 27.2 Å². The maximum Gasteiger partial charge on any atom is 0.411 e. The fourth-order valence-electron chi connectivity index (χ4n) is 1.21. The lowest BCUT2D eigenvalue weighted by Crippen LogP contribution is -2.14.